The van der Waals surface area contributed by atoms with Gasteiger partial charge in [-0.3, -0.25) is 4.79 Å². The molecule has 1 aliphatic rings. The van der Waals surface area contributed by atoms with Crippen molar-refractivity contribution in [3.8, 4) is 11.5 Å². The molecule has 1 aliphatic heterocycles. The van der Waals surface area contributed by atoms with Crippen molar-refractivity contribution in [2.24, 2.45) is 0 Å². The van der Waals surface area contributed by atoms with Gasteiger partial charge in [0.1, 0.15) is 0 Å². The van der Waals surface area contributed by atoms with Gasteiger partial charge in [0.2, 0.25) is 0 Å². The second kappa shape index (κ2) is 7.72. The Labute approximate surface area is 117 Å². The van der Waals surface area contributed by atoms with E-state index in [1.807, 2.05) is 12.1 Å². The highest BCUT2D eigenvalue weighted by molar-refractivity contribution is 5.76. The molecule has 0 bridgehead atoms. The maximum Gasteiger partial charge on any atom is 0.281 e. The standard InChI is InChI=1S/C14H19NO5/c1-17-11-6-2-3-7-12(11)19-10-13(16)15-20-14-8-4-5-9-18-14/h2-3,6-7,14H,4-5,8-10H2,1H3,(H,15,16)/t14-/m0/s1. The molecule has 0 aliphatic carbocycles. The number of hydrogen-bond donors (Lipinski definition) is 1. The van der Waals surface area contributed by atoms with Crippen molar-refractivity contribution in [3.05, 3.63) is 24.3 Å². The SMILES string of the molecule is COc1ccccc1OCC(=O)NO[C@H]1CCCCO1. The number of benzene rings is 1. The highest BCUT2D eigenvalue weighted by atomic mass is 16.8. The van der Waals surface area contributed by atoms with Crippen LogP contribution in [0.5, 0.6) is 11.5 Å². The van der Waals surface area contributed by atoms with Crippen molar-refractivity contribution in [2.75, 3.05) is 20.3 Å². The maximum absolute atomic E-state index is 11.6. The number of hydrogen-bond acceptors (Lipinski definition) is 5. The normalized spacial score (nSPS) is 18.4. The minimum Gasteiger partial charge on any atom is -0.493 e. The Balaban J connectivity index is 1.71. The zero-order valence-corrected chi connectivity index (χ0v) is 11.5. The van der Waals surface area contributed by atoms with Crippen LogP contribution in [0, 0.1) is 0 Å². The number of ether oxygens (including phenoxy) is 3. The van der Waals surface area contributed by atoms with Gasteiger partial charge in [0.05, 0.1) is 7.11 Å². The van der Waals surface area contributed by atoms with Crippen LogP contribution in [0.2, 0.25) is 0 Å². The molecule has 0 saturated carbocycles. The lowest BCUT2D eigenvalue weighted by molar-refractivity contribution is -0.201. The van der Waals surface area contributed by atoms with Crippen LogP contribution in [0.3, 0.4) is 0 Å². The van der Waals surface area contributed by atoms with E-state index >= 15 is 0 Å². The van der Waals surface area contributed by atoms with Crippen LogP contribution in [-0.4, -0.2) is 32.5 Å². The molecule has 2 rings (SSSR count). The molecule has 6 heteroatoms. The smallest absolute Gasteiger partial charge is 0.281 e. The van der Waals surface area contributed by atoms with Crippen LogP contribution in [-0.2, 0) is 14.4 Å². The molecule has 6 nitrogen and oxygen atoms in total. The van der Waals surface area contributed by atoms with E-state index in [4.69, 9.17) is 19.0 Å². The lowest BCUT2D eigenvalue weighted by Crippen LogP contribution is -2.35. The van der Waals surface area contributed by atoms with Gasteiger partial charge in [0.15, 0.2) is 24.4 Å². The first kappa shape index (κ1) is 14.6. The van der Waals surface area contributed by atoms with Crippen LogP contribution in [0.25, 0.3) is 0 Å². The lowest BCUT2D eigenvalue weighted by Gasteiger charge is -2.22. The van der Waals surface area contributed by atoms with Crippen LogP contribution in [0.1, 0.15) is 19.3 Å². The van der Waals surface area contributed by atoms with E-state index in [0.29, 0.717) is 18.1 Å². The van der Waals surface area contributed by atoms with E-state index in [1.165, 1.54) is 0 Å². The number of carbonyl (C=O) groups is 1. The fourth-order valence-corrected chi connectivity index (χ4v) is 1.85. The van der Waals surface area contributed by atoms with E-state index in [1.54, 1.807) is 19.2 Å². The second-order valence-corrected chi connectivity index (χ2v) is 4.38. The van der Waals surface area contributed by atoms with E-state index in [9.17, 15) is 4.79 Å². The third-order valence-corrected chi connectivity index (χ3v) is 2.87. The summed E-state index contributed by atoms with van der Waals surface area (Å²) in [6, 6.07) is 7.13. The minimum absolute atomic E-state index is 0.146. The molecule has 110 valence electrons. The van der Waals surface area contributed by atoms with Gasteiger partial charge in [-0.15, -0.1) is 0 Å². The summed E-state index contributed by atoms with van der Waals surface area (Å²) in [5, 5.41) is 0. The number of amides is 1. The number of rotatable bonds is 6. The van der Waals surface area contributed by atoms with Gasteiger partial charge in [0, 0.05) is 13.0 Å². The molecule has 1 amide bonds. The third kappa shape index (κ3) is 4.40. The number of para-hydroxylation sites is 2. The van der Waals surface area contributed by atoms with E-state index < -0.39 is 0 Å². The topological polar surface area (TPSA) is 66.0 Å². The van der Waals surface area contributed by atoms with Crippen LogP contribution in [0.4, 0.5) is 0 Å². The molecular formula is C14H19NO5. The number of hydroxylamine groups is 1. The molecule has 0 aromatic heterocycles. The zero-order chi connectivity index (χ0) is 14.2. The van der Waals surface area contributed by atoms with Gasteiger partial charge in [-0.05, 0) is 25.0 Å². The molecular weight excluding hydrogens is 262 g/mol. The predicted octanol–water partition coefficient (Wildman–Crippen LogP) is 1.65. The maximum atomic E-state index is 11.6. The molecule has 0 spiro atoms. The fourth-order valence-electron chi connectivity index (χ4n) is 1.85. The number of carbonyl (C=O) groups excluding carboxylic acids is 1. The van der Waals surface area contributed by atoms with Crippen molar-refractivity contribution in [3.63, 3.8) is 0 Å². The summed E-state index contributed by atoms with van der Waals surface area (Å²) in [6.45, 7) is 0.519. The summed E-state index contributed by atoms with van der Waals surface area (Å²) >= 11 is 0. The molecule has 0 unspecified atom stereocenters. The Morgan fingerprint density at radius 3 is 2.85 bits per heavy atom. The van der Waals surface area contributed by atoms with Crippen LogP contribution < -0.4 is 15.0 Å². The summed E-state index contributed by atoms with van der Waals surface area (Å²) in [5.74, 6) is 0.723. The molecule has 1 aromatic rings. The first-order valence-corrected chi connectivity index (χ1v) is 6.61. The van der Waals surface area contributed by atoms with E-state index in [0.717, 1.165) is 19.3 Å². The van der Waals surface area contributed by atoms with E-state index in [2.05, 4.69) is 5.48 Å². The second-order valence-electron chi connectivity index (χ2n) is 4.38. The summed E-state index contributed by atoms with van der Waals surface area (Å²) in [4.78, 5) is 16.8. The molecule has 20 heavy (non-hydrogen) atoms. The van der Waals surface area contributed by atoms with Gasteiger partial charge in [-0.2, -0.15) is 0 Å². The summed E-state index contributed by atoms with van der Waals surface area (Å²) in [6.07, 6.45) is 2.50. The van der Waals surface area contributed by atoms with Crippen molar-refractivity contribution in [1.82, 2.24) is 5.48 Å². The highest BCUT2D eigenvalue weighted by Crippen LogP contribution is 2.25. The Hall–Kier alpha value is -1.79. The van der Waals surface area contributed by atoms with E-state index in [-0.39, 0.29) is 18.8 Å². The highest BCUT2D eigenvalue weighted by Gasteiger charge is 2.16. The van der Waals surface area contributed by atoms with Gasteiger partial charge < -0.3 is 14.2 Å². The van der Waals surface area contributed by atoms with Crippen molar-refractivity contribution in [1.29, 1.82) is 0 Å². The average Bonchev–Trinajstić information content (AvgIpc) is 2.52. The molecule has 1 atom stereocenters. The van der Waals surface area contributed by atoms with Gasteiger partial charge >= 0.3 is 0 Å². The van der Waals surface area contributed by atoms with Crippen molar-refractivity contribution >= 4 is 5.91 Å². The zero-order valence-electron chi connectivity index (χ0n) is 11.5. The first-order valence-electron chi connectivity index (χ1n) is 6.61. The average molecular weight is 281 g/mol. The molecule has 0 radical (unpaired) electrons. The Morgan fingerprint density at radius 1 is 1.35 bits per heavy atom. The number of nitrogens with one attached hydrogen (secondary N) is 1. The van der Waals surface area contributed by atoms with Crippen molar-refractivity contribution < 1.29 is 23.8 Å². The Morgan fingerprint density at radius 2 is 2.15 bits per heavy atom. The van der Waals surface area contributed by atoms with Gasteiger partial charge in [-0.25, -0.2) is 10.3 Å². The molecule has 1 heterocycles. The minimum atomic E-state index is -0.370. The monoisotopic (exact) mass is 281 g/mol. The molecule has 1 aromatic carbocycles. The Kier molecular flexibility index (Phi) is 5.64. The van der Waals surface area contributed by atoms with Crippen LogP contribution in [0.15, 0.2) is 24.3 Å². The summed E-state index contributed by atoms with van der Waals surface area (Å²) in [5.41, 5.74) is 2.33. The number of methoxy groups -OCH3 is 1. The first-order chi connectivity index (χ1) is 9.79. The van der Waals surface area contributed by atoms with Crippen molar-refractivity contribution in [2.45, 2.75) is 25.6 Å². The molecule has 1 N–H and O–H groups in total. The molecule has 1 saturated heterocycles. The summed E-state index contributed by atoms with van der Waals surface area (Å²) < 4.78 is 15.8. The lowest BCUT2D eigenvalue weighted by atomic mass is 10.2. The van der Waals surface area contributed by atoms with Crippen LogP contribution >= 0.6 is 0 Å². The Bertz CT molecular complexity index is 431. The predicted molar refractivity (Wildman–Crippen MR) is 71.3 cm³/mol. The largest absolute Gasteiger partial charge is 0.493 e. The molecule has 1 fully saturated rings. The summed E-state index contributed by atoms with van der Waals surface area (Å²) in [7, 11) is 1.55. The third-order valence-electron chi connectivity index (χ3n) is 2.87. The fraction of sp³-hybridized carbons (Fsp3) is 0.500. The van der Waals surface area contributed by atoms with Gasteiger partial charge in [0.25, 0.3) is 5.91 Å². The quantitative estimate of drug-likeness (QED) is 0.803. The van der Waals surface area contributed by atoms with Gasteiger partial charge in [-0.1, -0.05) is 12.1 Å².